The van der Waals surface area contributed by atoms with Crippen LogP contribution in [-0.4, -0.2) is 44.0 Å². The Morgan fingerprint density at radius 3 is 2.79 bits per heavy atom. The minimum atomic E-state index is 0.360. The molecule has 1 heterocycles. The zero-order valence-corrected chi connectivity index (χ0v) is 9.29. The van der Waals surface area contributed by atoms with E-state index in [9.17, 15) is 4.79 Å². The number of nitrogens with zero attached hydrogens (tertiary/aromatic N) is 1. The van der Waals surface area contributed by atoms with Crippen molar-refractivity contribution in [3.05, 3.63) is 0 Å². The van der Waals surface area contributed by atoms with E-state index >= 15 is 0 Å². The van der Waals surface area contributed by atoms with E-state index in [2.05, 4.69) is 0 Å². The molecule has 0 aromatic carbocycles. The maximum atomic E-state index is 11.4. The monoisotopic (exact) mass is 199 g/mol. The first-order valence-corrected chi connectivity index (χ1v) is 5.46. The van der Waals surface area contributed by atoms with Crippen molar-refractivity contribution in [2.45, 2.75) is 38.2 Å². The summed E-state index contributed by atoms with van der Waals surface area (Å²) in [6.07, 6.45) is 4.96. The fraction of sp³-hybridized carbons (Fsp3) is 0.909. The summed E-state index contributed by atoms with van der Waals surface area (Å²) in [6, 6.07) is 0. The summed E-state index contributed by atoms with van der Waals surface area (Å²) in [5.41, 5.74) is 0. The highest BCUT2D eigenvalue weighted by molar-refractivity contribution is 5.78. The Kier molecular flexibility index (Phi) is 5.12. The first kappa shape index (κ1) is 11.7. The lowest BCUT2D eigenvalue weighted by atomic mass is 10.1. The Bertz CT molecular complexity index is 174. The van der Waals surface area contributed by atoms with E-state index in [0.29, 0.717) is 24.7 Å². The number of rotatable bonds is 6. The van der Waals surface area contributed by atoms with Crippen molar-refractivity contribution in [3.63, 3.8) is 0 Å². The molecule has 1 fully saturated rings. The number of hydrogen-bond donors (Lipinski definition) is 0. The number of ketones is 1. The molecular weight excluding hydrogens is 178 g/mol. The van der Waals surface area contributed by atoms with Gasteiger partial charge in [-0.25, -0.2) is 0 Å². The Morgan fingerprint density at radius 2 is 2.21 bits per heavy atom. The van der Waals surface area contributed by atoms with Crippen molar-refractivity contribution in [2.75, 3.05) is 27.2 Å². The highest BCUT2D eigenvalue weighted by Gasteiger charge is 2.16. The van der Waals surface area contributed by atoms with Gasteiger partial charge in [0.2, 0.25) is 0 Å². The zero-order chi connectivity index (χ0) is 10.4. The molecule has 0 radical (unpaired) electrons. The molecule has 3 nitrogen and oxygen atoms in total. The molecule has 82 valence electrons. The molecule has 1 unspecified atom stereocenters. The molecule has 1 rings (SSSR count). The summed E-state index contributed by atoms with van der Waals surface area (Å²) in [5, 5.41) is 0. The van der Waals surface area contributed by atoms with Gasteiger partial charge in [0.25, 0.3) is 0 Å². The average molecular weight is 199 g/mol. The van der Waals surface area contributed by atoms with Crippen LogP contribution in [0.5, 0.6) is 0 Å². The Balaban J connectivity index is 2.02. The number of hydrogen-bond acceptors (Lipinski definition) is 3. The number of ether oxygens (including phenoxy) is 1. The molecule has 0 spiro atoms. The maximum absolute atomic E-state index is 11.4. The van der Waals surface area contributed by atoms with Crippen molar-refractivity contribution in [1.82, 2.24) is 4.90 Å². The van der Waals surface area contributed by atoms with Crippen LogP contribution in [0.2, 0.25) is 0 Å². The number of carbonyl (C=O) groups is 1. The van der Waals surface area contributed by atoms with Gasteiger partial charge in [-0.3, -0.25) is 4.79 Å². The van der Waals surface area contributed by atoms with Crippen LogP contribution in [0.3, 0.4) is 0 Å². The molecule has 1 atom stereocenters. The minimum absolute atomic E-state index is 0.360. The molecule has 0 saturated carbocycles. The van der Waals surface area contributed by atoms with Gasteiger partial charge in [-0.2, -0.15) is 0 Å². The van der Waals surface area contributed by atoms with Gasteiger partial charge in [-0.1, -0.05) is 0 Å². The smallest absolute Gasteiger partial charge is 0.134 e. The third-order valence-electron chi connectivity index (χ3n) is 2.61. The summed E-state index contributed by atoms with van der Waals surface area (Å²) < 4.78 is 5.47. The molecule has 0 amide bonds. The fourth-order valence-corrected chi connectivity index (χ4v) is 1.67. The van der Waals surface area contributed by atoms with Gasteiger partial charge in [0.05, 0.1) is 6.10 Å². The average Bonchev–Trinajstić information content (AvgIpc) is 2.63. The van der Waals surface area contributed by atoms with Gasteiger partial charge < -0.3 is 9.64 Å². The highest BCUT2D eigenvalue weighted by atomic mass is 16.5. The Labute approximate surface area is 86.4 Å². The van der Waals surface area contributed by atoms with Crippen LogP contribution in [-0.2, 0) is 9.53 Å². The molecule has 1 aliphatic rings. The van der Waals surface area contributed by atoms with E-state index in [1.807, 2.05) is 19.0 Å². The predicted octanol–water partition coefficient (Wildman–Crippen LogP) is 1.47. The molecular formula is C11H21NO2. The molecule has 0 aromatic heterocycles. The molecule has 0 N–H and O–H groups in total. The molecule has 1 aliphatic heterocycles. The SMILES string of the molecule is CN(C)CCC(=O)CCC1CCCO1. The van der Waals surface area contributed by atoms with Crippen LogP contribution in [0.15, 0.2) is 0 Å². The second-order valence-corrected chi connectivity index (χ2v) is 4.27. The first-order chi connectivity index (χ1) is 6.68. The van der Waals surface area contributed by atoms with Gasteiger partial charge in [0, 0.05) is 26.0 Å². The number of Topliss-reactive ketones (excluding diaryl/α,β-unsaturated/α-hetero) is 1. The van der Waals surface area contributed by atoms with Gasteiger partial charge in [0.15, 0.2) is 0 Å². The summed E-state index contributed by atoms with van der Waals surface area (Å²) in [6.45, 7) is 1.75. The van der Waals surface area contributed by atoms with Gasteiger partial charge >= 0.3 is 0 Å². The normalized spacial score (nSPS) is 21.8. The Hall–Kier alpha value is -0.410. The lowest BCUT2D eigenvalue weighted by Gasteiger charge is -2.10. The van der Waals surface area contributed by atoms with Crippen LogP contribution in [0.1, 0.15) is 32.1 Å². The highest BCUT2D eigenvalue weighted by Crippen LogP contribution is 2.17. The van der Waals surface area contributed by atoms with E-state index in [4.69, 9.17) is 4.74 Å². The van der Waals surface area contributed by atoms with Crippen LogP contribution in [0.4, 0.5) is 0 Å². The van der Waals surface area contributed by atoms with Crippen molar-refractivity contribution < 1.29 is 9.53 Å². The fourth-order valence-electron chi connectivity index (χ4n) is 1.67. The lowest BCUT2D eigenvalue weighted by molar-refractivity contribution is -0.119. The van der Waals surface area contributed by atoms with Crippen LogP contribution in [0, 0.1) is 0 Å². The minimum Gasteiger partial charge on any atom is -0.378 e. The summed E-state index contributed by atoms with van der Waals surface area (Å²) in [4.78, 5) is 13.5. The zero-order valence-electron chi connectivity index (χ0n) is 9.29. The largest absolute Gasteiger partial charge is 0.378 e. The van der Waals surface area contributed by atoms with Crippen molar-refractivity contribution in [3.8, 4) is 0 Å². The Morgan fingerprint density at radius 1 is 1.43 bits per heavy atom. The quantitative estimate of drug-likeness (QED) is 0.648. The molecule has 3 heteroatoms. The van der Waals surface area contributed by atoms with Crippen LogP contribution < -0.4 is 0 Å². The van der Waals surface area contributed by atoms with Crippen molar-refractivity contribution in [2.24, 2.45) is 0 Å². The lowest BCUT2D eigenvalue weighted by Crippen LogP contribution is -2.17. The van der Waals surface area contributed by atoms with E-state index in [0.717, 1.165) is 32.4 Å². The van der Waals surface area contributed by atoms with Crippen LogP contribution >= 0.6 is 0 Å². The third kappa shape index (κ3) is 4.72. The summed E-state index contributed by atoms with van der Waals surface area (Å²) in [7, 11) is 3.99. The van der Waals surface area contributed by atoms with Crippen molar-refractivity contribution >= 4 is 5.78 Å². The third-order valence-corrected chi connectivity index (χ3v) is 2.61. The van der Waals surface area contributed by atoms with Gasteiger partial charge in [-0.15, -0.1) is 0 Å². The molecule has 0 aliphatic carbocycles. The van der Waals surface area contributed by atoms with Crippen molar-refractivity contribution in [1.29, 1.82) is 0 Å². The molecule has 0 bridgehead atoms. The summed E-state index contributed by atoms with van der Waals surface area (Å²) in [5.74, 6) is 0.370. The molecule has 14 heavy (non-hydrogen) atoms. The second kappa shape index (κ2) is 6.14. The predicted molar refractivity (Wildman–Crippen MR) is 56.4 cm³/mol. The topological polar surface area (TPSA) is 29.5 Å². The molecule has 0 aromatic rings. The second-order valence-electron chi connectivity index (χ2n) is 4.27. The van der Waals surface area contributed by atoms with Gasteiger partial charge in [-0.05, 0) is 33.4 Å². The first-order valence-electron chi connectivity index (χ1n) is 5.46. The van der Waals surface area contributed by atoms with Gasteiger partial charge in [0.1, 0.15) is 5.78 Å². The summed E-state index contributed by atoms with van der Waals surface area (Å²) >= 11 is 0. The van der Waals surface area contributed by atoms with E-state index in [1.54, 1.807) is 0 Å². The number of carbonyl (C=O) groups excluding carboxylic acids is 1. The maximum Gasteiger partial charge on any atom is 0.134 e. The molecule has 1 saturated heterocycles. The van der Waals surface area contributed by atoms with E-state index < -0.39 is 0 Å². The van der Waals surface area contributed by atoms with E-state index in [1.165, 1.54) is 0 Å². The standard InChI is InChI=1S/C11H21NO2/c1-12(2)8-7-10(13)5-6-11-4-3-9-14-11/h11H,3-9H2,1-2H3. The van der Waals surface area contributed by atoms with Crippen LogP contribution in [0.25, 0.3) is 0 Å². The van der Waals surface area contributed by atoms with E-state index in [-0.39, 0.29) is 0 Å².